The van der Waals surface area contributed by atoms with Crippen molar-refractivity contribution in [1.82, 2.24) is 0 Å². The maximum absolute atomic E-state index is 8.03. The number of hydrogen-bond acceptors (Lipinski definition) is 1. The van der Waals surface area contributed by atoms with Gasteiger partial charge in [-0.1, -0.05) is 117 Å². The van der Waals surface area contributed by atoms with E-state index in [-0.39, 0.29) is 5.41 Å². The highest BCUT2D eigenvalue weighted by Gasteiger charge is 2.35. The Morgan fingerprint density at radius 3 is 2.03 bits per heavy atom. The van der Waals surface area contributed by atoms with Crippen molar-refractivity contribution in [2.75, 3.05) is 0 Å². The Balaban J connectivity index is 1.54. The molecule has 0 aliphatic heterocycles. The smallest absolute Gasteiger partial charge is 0.0184 e. The topological polar surface area (TPSA) is 23.9 Å². The molecule has 0 bridgehead atoms. The predicted octanol–water partition coefficient (Wildman–Crippen LogP) is 8.47. The largest absolute Gasteiger partial charge is 0.309 e. The molecule has 0 heterocycles. The van der Waals surface area contributed by atoms with Gasteiger partial charge in [0.25, 0.3) is 0 Å². The quantitative estimate of drug-likeness (QED) is 0.236. The monoisotopic (exact) mass is 499 g/mol. The highest BCUT2D eigenvalue weighted by molar-refractivity contribution is 6.08. The maximum Gasteiger partial charge on any atom is 0.0184 e. The van der Waals surface area contributed by atoms with Crippen LogP contribution in [0.3, 0.4) is 0 Å². The van der Waals surface area contributed by atoms with Crippen LogP contribution in [-0.2, 0) is 5.41 Å². The van der Waals surface area contributed by atoms with Crippen LogP contribution in [0.15, 0.2) is 109 Å². The van der Waals surface area contributed by atoms with E-state index in [0.717, 1.165) is 27.1 Å². The van der Waals surface area contributed by atoms with Crippen LogP contribution >= 0.6 is 0 Å². The van der Waals surface area contributed by atoms with E-state index >= 15 is 0 Å². The lowest BCUT2D eigenvalue weighted by Crippen LogP contribution is -2.28. The molecule has 0 amide bonds. The third-order valence-corrected chi connectivity index (χ3v) is 8.52. The minimum atomic E-state index is -0.0754. The van der Waals surface area contributed by atoms with Gasteiger partial charge >= 0.3 is 0 Å². The molecule has 1 aliphatic rings. The zero-order chi connectivity index (χ0) is 26.7. The van der Waals surface area contributed by atoms with Gasteiger partial charge in [0, 0.05) is 11.6 Å². The van der Waals surface area contributed by atoms with Gasteiger partial charge in [-0.15, -0.1) is 0 Å². The lowest BCUT2D eigenvalue weighted by molar-refractivity contribution is 0.660. The van der Waals surface area contributed by atoms with Gasteiger partial charge in [-0.05, 0) is 94.7 Å². The van der Waals surface area contributed by atoms with Crippen molar-refractivity contribution in [3.8, 4) is 33.4 Å². The SMILES string of the molecule is C=c1c(-c2ccc3c(c2)C(C)(C)c2ccccc2-3)c2ccccc2c(-c2ccc3ccccc3c2)/c1=C/C=N. The number of fused-ring (bicyclic) bond motifs is 5. The van der Waals surface area contributed by atoms with E-state index in [1.165, 1.54) is 55.6 Å². The lowest BCUT2D eigenvalue weighted by atomic mass is 9.81. The first kappa shape index (κ1) is 23.4. The van der Waals surface area contributed by atoms with Crippen LogP contribution < -0.4 is 10.4 Å². The summed E-state index contributed by atoms with van der Waals surface area (Å²) in [5.41, 5.74) is 9.86. The fraction of sp³-hybridized carbons (Fsp3) is 0.0789. The van der Waals surface area contributed by atoms with Crippen molar-refractivity contribution >= 4 is 40.4 Å². The summed E-state index contributed by atoms with van der Waals surface area (Å²) in [5.74, 6) is 0. The Labute approximate surface area is 228 Å². The maximum atomic E-state index is 8.03. The number of rotatable bonds is 3. The standard InChI is InChI=1S/C38H29N/c1-24-29(20-21-39)37(27-17-16-25-10-4-5-11-26(25)22-27)33-14-7-6-13-32(33)36(24)28-18-19-31-30-12-8-9-15-34(30)38(2,3)35(31)23-28/h4-23,39H,1H2,2-3H3/b29-20+,39-21?. The molecule has 6 aromatic carbocycles. The van der Waals surface area contributed by atoms with Gasteiger partial charge < -0.3 is 5.41 Å². The van der Waals surface area contributed by atoms with Crippen LogP contribution in [0.5, 0.6) is 0 Å². The van der Waals surface area contributed by atoms with Crippen LogP contribution in [0.25, 0.3) is 67.6 Å². The van der Waals surface area contributed by atoms with Gasteiger partial charge in [0.15, 0.2) is 0 Å². The van der Waals surface area contributed by atoms with Crippen molar-refractivity contribution in [3.05, 3.63) is 131 Å². The molecular formula is C38H29N. The van der Waals surface area contributed by atoms with E-state index < -0.39 is 0 Å². The zero-order valence-corrected chi connectivity index (χ0v) is 22.3. The van der Waals surface area contributed by atoms with Crippen molar-refractivity contribution in [1.29, 1.82) is 5.41 Å². The second-order valence-corrected chi connectivity index (χ2v) is 11.0. The van der Waals surface area contributed by atoms with E-state index in [2.05, 4.69) is 130 Å². The Kier molecular flexibility index (Phi) is 5.18. The molecule has 39 heavy (non-hydrogen) atoms. The molecule has 0 radical (unpaired) electrons. The van der Waals surface area contributed by atoms with Crippen LogP contribution in [0, 0.1) is 5.41 Å². The molecule has 6 aromatic rings. The minimum absolute atomic E-state index is 0.0754. The Bertz CT molecular complexity index is 2080. The fourth-order valence-electron chi connectivity index (χ4n) is 6.62. The van der Waals surface area contributed by atoms with Crippen molar-refractivity contribution in [2.24, 2.45) is 0 Å². The average Bonchev–Trinajstić information content (AvgIpc) is 3.19. The van der Waals surface area contributed by atoms with E-state index in [1.807, 2.05) is 6.08 Å². The average molecular weight is 500 g/mol. The number of benzene rings is 6. The summed E-state index contributed by atoms with van der Waals surface area (Å²) in [6.45, 7) is 9.29. The van der Waals surface area contributed by atoms with Gasteiger partial charge in [-0.2, -0.15) is 0 Å². The molecule has 1 aliphatic carbocycles. The summed E-state index contributed by atoms with van der Waals surface area (Å²) in [6.07, 6.45) is 3.28. The molecule has 0 saturated carbocycles. The van der Waals surface area contributed by atoms with E-state index in [0.29, 0.717) is 0 Å². The third-order valence-electron chi connectivity index (χ3n) is 8.52. The number of nitrogens with one attached hydrogen (secondary N) is 1. The molecule has 0 aromatic heterocycles. The van der Waals surface area contributed by atoms with Crippen LogP contribution in [0.1, 0.15) is 25.0 Å². The summed E-state index contributed by atoms with van der Waals surface area (Å²) in [6, 6.07) is 39.4. The summed E-state index contributed by atoms with van der Waals surface area (Å²) in [4.78, 5) is 0. The second kappa shape index (κ2) is 8.64. The van der Waals surface area contributed by atoms with Crippen molar-refractivity contribution < 1.29 is 0 Å². The van der Waals surface area contributed by atoms with Crippen molar-refractivity contribution in [3.63, 3.8) is 0 Å². The van der Waals surface area contributed by atoms with E-state index in [4.69, 9.17) is 5.41 Å². The molecule has 1 heteroatoms. The highest BCUT2D eigenvalue weighted by Crippen LogP contribution is 2.49. The number of hydrogen-bond donors (Lipinski definition) is 1. The molecule has 186 valence electrons. The Morgan fingerprint density at radius 1 is 0.615 bits per heavy atom. The normalized spacial score (nSPS) is 13.9. The van der Waals surface area contributed by atoms with Gasteiger partial charge in [-0.3, -0.25) is 0 Å². The third kappa shape index (κ3) is 3.43. The summed E-state index contributed by atoms with van der Waals surface area (Å²) >= 11 is 0. The van der Waals surface area contributed by atoms with E-state index in [9.17, 15) is 0 Å². The fourth-order valence-corrected chi connectivity index (χ4v) is 6.62. The van der Waals surface area contributed by atoms with Gasteiger partial charge in [0.05, 0.1) is 0 Å². The molecular weight excluding hydrogens is 470 g/mol. The first-order valence-electron chi connectivity index (χ1n) is 13.5. The molecule has 0 unspecified atom stereocenters. The predicted molar refractivity (Wildman–Crippen MR) is 168 cm³/mol. The van der Waals surface area contributed by atoms with Crippen molar-refractivity contribution in [2.45, 2.75) is 19.3 Å². The van der Waals surface area contributed by atoms with Crippen LogP contribution in [0.4, 0.5) is 0 Å². The summed E-state index contributed by atoms with van der Waals surface area (Å²) in [7, 11) is 0. The summed E-state index contributed by atoms with van der Waals surface area (Å²) in [5, 5.41) is 14.8. The van der Waals surface area contributed by atoms with Crippen LogP contribution in [0.2, 0.25) is 0 Å². The van der Waals surface area contributed by atoms with Gasteiger partial charge in [0.1, 0.15) is 0 Å². The lowest BCUT2D eigenvalue weighted by Gasteiger charge is -2.22. The molecule has 0 atom stereocenters. The molecule has 1 N–H and O–H groups in total. The molecule has 1 nitrogen and oxygen atoms in total. The molecule has 0 saturated heterocycles. The van der Waals surface area contributed by atoms with Gasteiger partial charge in [0.2, 0.25) is 0 Å². The Morgan fingerprint density at radius 2 is 1.23 bits per heavy atom. The highest BCUT2D eigenvalue weighted by atomic mass is 14.4. The minimum Gasteiger partial charge on any atom is -0.309 e. The van der Waals surface area contributed by atoms with Crippen LogP contribution in [-0.4, -0.2) is 6.21 Å². The Hall–Kier alpha value is -4.75. The zero-order valence-electron chi connectivity index (χ0n) is 22.3. The van der Waals surface area contributed by atoms with Gasteiger partial charge in [-0.25, -0.2) is 0 Å². The summed E-state index contributed by atoms with van der Waals surface area (Å²) < 4.78 is 0. The molecule has 0 fully saturated rings. The molecule has 7 rings (SSSR count). The van der Waals surface area contributed by atoms with E-state index in [1.54, 1.807) is 0 Å². The molecule has 0 spiro atoms. The first-order valence-corrected chi connectivity index (χ1v) is 13.5. The second-order valence-electron chi connectivity index (χ2n) is 11.0. The first-order chi connectivity index (χ1) is 19.0.